The monoisotopic (exact) mass is 214 g/mol. The Labute approximate surface area is 95.4 Å². The van der Waals surface area contributed by atoms with Gasteiger partial charge in [-0.15, -0.1) is 0 Å². The van der Waals surface area contributed by atoms with Crippen LogP contribution in [0.25, 0.3) is 0 Å². The standard InChI is InChI=1S/C13H14N2O/c1-10(2)13(8-14)12(16-9-15-13)11-6-4-3-5-7-11/h3-7,9-10,12H,1-2H3. The van der Waals surface area contributed by atoms with Crippen molar-refractivity contribution in [1.82, 2.24) is 0 Å². The van der Waals surface area contributed by atoms with E-state index in [-0.39, 0.29) is 12.0 Å². The number of hydrogen-bond donors (Lipinski definition) is 0. The van der Waals surface area contributed by atoms with E-state index in [1.807, 2.05) is 44.2 Å². The predicted molar refractivity (Wildman–Crippen MR) is 61.9 cm³/mol. The second-order valence-electron chi connectivity index (χ2n) is 4.25. The first-order valence-corrected chi connectivity index (χ1v) is 5.36. The van der Waals surface area contributed by atoms with E-state index in [1.54, 1.807) is 0 Å². The van der Waals surface area contributed by atoms with E-state index in [4.69, 9.17) is 4.74 Å². The average Bonchev–Trinajstić information content (AvgIpc) is 2.75. The van der Waals surface area contributed by atoms with Crippen LogP contribution in [0.4, 0.5) is 0 Å². The molecule has 3 heteroatoms. The van der Waals surface area contributed by atoms with Crippen molar-refractivity contribution in [2.75, 3.05) is 0 Å². The molecule has 2 unspecified atom stereocenters. The number of benzene rings is 1. The normalized spacial score (nSPS) is 27.8. The number of rotatable bonds is 2. The summed E-state index contributed by atoms with van der Waals surface area (Å²) < 4.78 is 5.49. The van der Waals surface area contributed by atoms with Crippen LogP contribution in [0.2, 0.25) is 0 Å². The highest BCUT2D eigenvalue weighted by atomic mass is 16.5. The third-order valence-electron chi connectivity index (χ3n) is 3.02. The van der Waals surface area contributed by atoms with E-state index >= 15 is 0 Å². The van der Waals surface area contributed by atoms with Crippen molar-refractivity contribution in [2.24, 2.45) is 10.9 Å². The summed E-state index contributed by atoms with van der Waals surface area (Å²) in [5.74, 6) is 0.112. The van der Waals surface area contributed by atoms with Gasteiger partial charge < -0.3 is 4.74 Å². The topological polar surface area (TPSA) is 45.4 Å². The van der Waals surface area contributed by atoms with Gasteiger partial charge in [0.25, 0.3) is 0 Å². The fourth-order valence-electron chi connectivity index (χ4n) is 1.98. The van der Waals surface area contributed by atoms with E-state index < -0.39 is 5.54 Å². The third-order valence-corrected chi connectivity index (χ3v) is 3.02. The van der Waals surface area contributed by atoms with Crippen LogP contribution in [-0.4, -0.2) is 11.9 Å². The minimum Gasteiger partial charge on any atom is -0.472 e. The summed E-state index contributed by atoms with van der Waals surface area (Å²) in [6.07, 6.45) is 1.11. The number of nitrogens with zero attached hydrogens (tertiary/aromatic N) is 2. The molecule has 0 aliphatic carbocycles. The molecule has 0 saturated heterocycles. The molecular formula is C13H14N2O. The highest BCUT2D eigenvalue weighted by Crippen LogP contribution is 2.40. The lowest BCUT2D eigenvalue weighted by Crippen LogP contribution is -2.35. The van der Waals surface area contributed by atoms with E-state index in [0.717, 1.165) is 5.56 Å². The fourth-order valence-corrected chi connectivity index (χ4v) is 1.98. The molecule has 1 heterocycles. The molecule has 0 bridgehead atoms. The van der Waals surface area contributed by atoms with Crippen molar-refractivity contribution in [3.63, 3.8) is 0 Å². The molecule has 3 nitrogen and oxygen atoms in total. The molecule has 1 aromatic rings. The predicted octanol–water partition coefficient (Wildman–Crippen LogP) is 2.70. The third kappa shape index (κ3) is 1.47. The first-order valence-electron chi connectivity index (χ1n) is 5.36. The highest BCUT2D eigenvalue weighted by molar-refractivity contribution is 5.55. The summed E-state index contributed by atoms with van der Waals surface area (Å²) in [7, 11) is 0. The van der Waals surface area contributed by atoms with Crippen LogP contribution in [0.1, 0.15) is 25.5 Å². The summed E-state index contributed by atoms with van der Waals surface area (Å²) in [5, 5.41) is 9.37. The Morgan fingerprint density at radius 2 is 2.06 bits per heavy atom. The van der Waals surface area contributed by atoms with Crippen LogP contribution >= 0.6 is 0 Å². The van der Waals surface area contributed by atoms with Gasteiger partial charge in [0.05, 0.1) is 6.07 Å². The van der Waals surface area contributed by atoms with E-state index in [2.05, 4.69) is 11.1 Å². The quantitative estimate of drug-likeness (QED) is 0.759. The van der Waals surface area contributed by atoms with Crippen LogP contribution in [0.15, 0.2) is 35.3 Å². The Morgan fingerprint density at radius 1 is 1.38 bits per heavy atom. The second-order valence-corrected chi connectivity index (χ2v) is 4.25. The van der Waals surface area contributed by atoms with Crippen LogP contribution < -0.4 is 0 Å². The van der Waals surface area contributed by atoms with Gasteiger partial charge in [0.15, 0.2) is 18.0 Å². The van der Waals surface area contributed by atoms with Crippen LogP contribution in [0, 0.1) is 17.2 Å². The van der Waals surface area contributed by atoms with Crippen molar-refractivity contribution in [1.29, 1.82) is 5.26 Å². The maximum absolute atomic E-state index is 9.37. The molecule has 2 atom stereocenters. The molecule has 1 aliphatic rings. The summed E-state index contributed by atoms with van der Waals surface area (Å²) in [6.45, 7) is 3.98. The Hall–Kier alpha value is -1.82. The number of hydrogen-bond acceptors (Lipinski definition) is 3. The van der Waals surface area contributed by atoms with Gasteiger partial charge in [-0.25, -0.2) is 4.99 Å². The Kier molecular flexibility index (Phi) is 2.66. The SMILES string of the molecule is CC(C)C1(C#N)N=COC1c1ccccc1. The molecule has 0 aromatic heterocycles. The minimum atomic E-state index is -0.790. The van der Waals surface area contributed by atoms with Crippen LogP contribution in [0.3, 0.4) is 0 Å². The lowest BCUT2D eigenvalue weighted by atomic mass is 9.80. The van der Waals surface area contributed by atoms with Gasteiger partial charge in [-0.1, -0.05) is 44.2 Å². The Morgan fingerprint density at radius 3 is 2.62 bits per heavy atom. The van der Waals surface area contributed by atoms with Gasteiger partial charge in [0.1, 0.15) is 0 Å². The van der Waals surface area contributed by atoms with E-state index in [1.165, 1.54) is 6.40 Å². The Balaban J connectivity index is 2.41. The number of aliphatic imine (C=N–C) groups is 1. The summed E-state index contributed by atoms with van der Waals surface area (Å²) in [5.41, 5.74) is 0.205. The second kappa shape index (κ2) is 3.97. The number of ether oxygens (including phenoxy) is 1. The zero-order valence-electron chi connectivity index (χ0n) is 9.42. The van der Waals surface area contributed by atoms with Gasteiger partial charge in [-0.3, -0.25) is 0 Å². The molecule has 0 fully saturated rings. The smallest absolute Gasteiger partial charge is 0.193 e. The zero-order valence-corrected chi connectivity index (χ0v) is 9.42. The fraction of sp³-hybridized carbons (Fsp3) is 0.385. The van der Waals surface area contributed by atoms with E-state index in [0.29, 0.717) is 0 Å². The number of nitriles is 1. The molecule has 0 saturated carbocycles. The average molecular weight is 214 g/mol. The maximum Gasteiger partial charge on any atom is 0.193 e. The summed E-state index contributed by atoms with van der Waals surface area (Å²) >= 11 is 0. The largest absolute Gasteiger partial charge is 0.472 e. The molecule has 1 aromatic carbocycles. The Bertz CT molecular complexity index is 433. The van der Waals surface area contributed by atoms with Crippen molar-refractivity contribution in [3.8, 4) is 6.07 Å². The molecule has 0 N–H and O–H groups in total. The van der Waals surface area contributed by atoms with Gasteiger partial charge >= 0.3 is 0 Å². The van der Waals surface area contributed by atoms with Gasteiger partial charge in [-0.05, 0) is 11.5 Å². The zero-order chi connectivity index (χ0) is 11.6. The van der Waals surface area contributed by atoms with Gasteiger partial charge in [-0.2, -0.15) is 5.26 Å². The lowest BCUT2D eigenvalue weighted by Gasteiger charge is -2.28. The highest BCUT2D eigenvalue weighted by Gasteiger charge is 2.47. The van der Waals surface area contributed by atoms with E-state index in [9.17, 15) is 5.26 Å². The molecule has 2 rings (SSSR count). The molecule has 0 radical (unpaired) electrons. The summed E-state index contributed by atoms with van der Waals surface area (Å²) in [4.78, 5) is 4.23. The molecule has 16 heavy (non-hydrogen) atoms. The molecule has 0 amide bonds. The molecule has 82 valence electrons. The van der Waals surface area contributed by atoms with Crippen LogP contribution in [0.5, 0.6) is 0 Å². The first-order chi connectivity index (χ1) is 7.70. The van der Waals surface area contributed by atoms with Crippen molar-refractivity contribution >= 4 is 6.40 Å². The summed E-state index contributed by atoms with van der Waals surface area (Å²) in [6, 6.07) is 12.1. The molecular weight excluding hydrogens is 200 g/mol. The first kappa shape index (κ1) is 10.7. The van der Waals surface area contributed by atoms with Crippen LogP contribution in [-0.2, 0) is 4.74 Å². The minimum absolute atomic E-state index is 0.112. The lowest BCUT2D eigenvalue weighted by molar-refractivity contribution is 0.144. The van der Waals surface area contributed by atoms with Gasteiger partial charge in [0, 0.05) is 0 Å². The molecule has 0 spiro atoms. The van der Waals surface area contributed by atoms with Crippen molar-refractivity contribution < 1.29 is 4.74 Å². The molecule has 1 aliphatic heterocycles. The van der Waals surface area contributed by atoms with Crippen molar-refractivity contribution in [2.45, 2.75) is 25.5 Å². The maximum atomic E-state index is 9.37. The van der Waals surface area contributed by atoms with Crippen molar-refractivity contribution in [3.05, 3.63) is 35.9 Å². The van der Waals surface area contributed by atoms with Gasteiger partial charge in [0.2, 0.25) is 0 Å².